The summed E-state index contributed by atoms with van der Waals surface area (Å²) in [5.41, 5.74) is 1.72. The Morgan fingerprint density at radius 1 is 1.09 bits per heavy atom. The number of benzene rings is 2. The number of nitrogens with one attached hydrogen (secondary N) is 2. The molecule has 0 saturated heterocycles. The summed E-state index contributed by atoms with van der Waals surface area (Å²) in [5, 5.41) is 5.37. The van der Waals surface area contributed by atoms with Gasteiger partial charge in [-0.15, -0.1) is 0 Å². The molecule has 1 aromatic heterocycles. The molecule has 0 unspecified atom stereocenters. The Labute approximate surface area is 194 Å². The average molecular weight is 520 g/mol. The number of rotatable bonds is 8. The zero-order valence-electron chi connectivity index (χ0n) is 17.5. The summed E-state index contributed by atoms with van der Waals surface area (Å²) in [4.78, 5) is 25.3. The van der Waals surface area contributed by atoms with Gasteiger partial charge in [0.2, 0.25) is 15.9 Å². The fourth-order valence-electron chi connectivity index (χ4n) is 2.97. The largest absolute Gasteiger partial charge is 0.467 e. The van der Waals surface area contributed by atoms with E-state index in [4.69, 9.17) is 4.42 Å². The molecular formula is C22H22BrN3O5S. The molecule has 0 aliphatic carbocycles. The smallest absolute Gasteiger partial charge is 0.253 e. The number of para-hydroxylation sites is 1. The minimum Gasteiger partial charge on any atom is -0.467 e. The summed E-state index contributed by atoms with van der Waals surface area (Å²) < 4.78 is 31.7. The molecule has 0 aliphatic heterocycles. The fourth-order valence-corrected chi connectivity index (χ4v) is 4.06. The van der Waals surface area contributed by atoms with Crippen LogP contribution in [-0.4, -0.2) is 33.0 Å². The molecule has 3 aromatic rings. The Morgan fingerprint density at radius 2 is 1.84 bits per heavy atom. The van der Waals surface area contributed by atoms with Crippen molar-refractivity contribution in [2.75, 3.05) is 22.4 Å². The monoisotopic (exact) mass is 519 g/mol. The molecule has 2 amide bonds. The predicted molar refractivity (Wildman–Crippen MR) is 126 cm³/mol. The normalized spacial score (nSPS) is 11.1. The van der Waals surface area contributed by atoms with Crippen LogP contribution < -0.4 is 14.9 Å². The van der Waals surface area contributed by atoms with Crippen LogP contribution in [0.3, 0.4) is 0 Å². The van der Waals surface area contributed by atoms with Crippen molar-refractivity contribution >= 4 is 49.1 Å². The van der Waals surface area contributed by atoms with Crippen molar-refractivity contribution in [2.24, 2.45) is 0 Å². The Morgan fingerprint density at radius 3 is 2.50 bits per heavy atom. The Bertz CT molecular complexity index is 1230. The van der Waals surface area contributed by atoms with E-state index in [1.54, 1.807) is 54.6 Å². The van der Waals surface area contributed by atoms with Crippen LogP contribution in [0.2, 0.25) is 0 Å². The van der Waals surface area contributed by atoms with Crippen LogP contribution in [0.4, 0.5) is 11.4 Å². The quantitative estimate of drug-likeness (QED) is 0.471. The predicted octanol–water partition coefficient (Wildman–Crippen LogP) is 3.69. The van der Waals surface area contributed by atoms with Gasteiger partial charge in [0, 0.05) is 4.47 Å². The maximum absolute atomic E-state index is 12.7. The van der Waals surface area contributed by atoms with Crippen molar-refractivity contribution in [2.45, 2.75) is 13.5 Å². The van der Waals surface area contributed by atoms with E-state index in [1.165, 1.54) is 6.26 Å². The van der Waals surface area contributed by atoms with Gasteiger partial charge in [0.05, 0.1) is 36.0 Å². The van der Waals surface area contributed by atoms with Crippen molar-refractivity contribution in [3.05, 3.63) is 82.2 Å². The zero-order valence-corrected chi connectivity index (χ0v) is 19.9. The van der Waals surface area contributed by atoms with Crippen molar-refractivity contribution in [1.29, 1.82) is 0 Å². The number of furan rings is 1. The highest BCUT2D eigenvalue weighted by Crippen LogP contribution is 2.25. The lowest BCUT2D eigenvalue weighted by atomic mass is 10.1. The lowest BCUT2D eigenvalue weighted by Gasteiger charge is -2.23. The fraction of sp³-hybridized carbons (Fsp3) is 0.182. The zero-order chi connectivity index (χ0) is 23.3. The van der Waals surface area contributed by atoms with E-state index in [2.05, 4.69) is 26.6 Å². The van der Waals surface area contributed by atoms with Crippen molar-refractivity contribution < 1.29 is 22.4 Å². The Hall–Kier alpha value is -3.11. The molecule has 3 rings (SSSR count). The highest BCUT2D eigenvalue weighted by Gasteiger charge is 2.22. The lowest BCUT2D eigenvalue weighted by Crippen LogP contribution is -2.37. The molecule has 0 aliphatic rings. The van der Waals surface area contributed by atoms with Crippen LogP contribution in [0.5, 0.6) is 0 Å². The summed E-state index contributed by atoms with van der Waals surface area (Å²) in [6, 6.07) is 15.0. The molecule has 10 heteroatoms. The van der Waals surface area contributed by atoms with Crippen LogP contribution in [0.15, 0.2) is 69.8 Å². The highest BCUT2D eigenvalue weighted by molar-refractivity contribution is 9.10. The van der Waals surface area contributed by atoms with E-state index in [1.807, 2.05) is 6.92 Å². The first-order valence-corrected chi connectivity index (χ1v) is 12.2. The van der Waals surface area contributed by atoms with Gasteiger partial charge in [0.25, 0.3) is 5.91 Å². The topological polar surface area (TPSA) is 109 Å². The third-order valence-corrected chi connectivity index (χ3v) is 6.60. The number of carbonyl (C=O) groups is 2. The third kappa shape index (κ3) is 5.98. The van der Waals surface area contributed by atoms with Gasteiger partial charge in [-0.25, -0.2) is 8.42 Å². The Kier molecular flexibility index (Phi) is 7.37. The standard InChI is InChI=1S/C22H22BrN3O5S/c1-15-12-16(9-10-19(15)23)26(32(2,29)30)14-21(27)25-20-8-4-3-7-18(20)22(28)24-13-17-6-5-11-31-17/h3-12H,13-14H2,1-2H3,(H,24,28)(H,25,27). The highest BCUT2D eigenvalue weighted by atomic mass is 79.9. The van der Waals surface area contributed by atoms with Crippen molar-refractivity contribution in [1.82, 2.24) is 5.32 Å². The number of aryl methyl sites for hydroxylation is 1. The summed E-state index contributed by atoms with van der Waals surface area (Å²) in [7, 11) is -3.73. The second kappa shape index (κ2) is 10.0. The molecule has 0 radical (unpaired) electrons. The number of hydrogen-bond donors (Lipinski definition) is 2. The van der Waals surface area contributed by atoms with Gasteiger partial charge >= 0.3 is 0 Å². The first-order chi connectivity index (χ1) is 15.1. The van der Waals surface area contributed by atoms with Gasteiger partial charge in [0.1, 0.15) is 12.3 Å². The maximum atomic E-state index is 12.7. The summed E-state index contributed by atoms with van der Waals surface area (Å²) in [6.07, 6.45) is 2.55. The molecule has 1 heterocycles. The van der Waals surface area contributed by atoms with Gasteiger partial charge in [-0.3, -0.25) is 13.9 Å². The molecule has 0 fully saturated rings. The van der Waals surface area contributed by atoms with Gasteiger partial charge in [-0.2, -0.15) is 0 Å². The summed E-state index contributed by atoms with van der Waals surface area (Å²) in [6.45, 7) is 1.58. The van der Waals surface area contributed by atoms with Crippen LogP contribution >= 0.6 is 15.9 Å². The second-order valence-electron chi connectivity index (χ2n) is 7.06. The van der Waals surface area contributed by atoms with Gasteiger partial charge in [0.15, 0.2) is 0 Å². The molecule has 0 bridgehead atoms. The van der Waals surface area contributed by atoms with E-state index in [0.717, 1.165) is 20.6 Å². The van der Waals surface area contributed by atoms with E-state index in [0.29, 0.717) is 11.4 Å². The molecule has 8 nitrogen and oxygen atoms in total. The van der Waals surface area contributed by atoms with Crippen LogP contribution in [0.25, 0.3) is 0 Å². The molecule has 0 saturated carbocycles. The minimum atomic E-state index is -3.73. The molecule has 2 N–H and O–H groups in total. The molecular weight excluding hydrogens is 498 g/mol. The second-order valence-corrected chi connectivity index (χ2v) is 9.82. The number of amides is 2. The van der Waals surface area contributed by atoms with Crippen LogP contribution in [-0.2, 0) is 21.4 Å². The summed E-state index contributed by atoms with van der Waals surface area (Å²) in [5.74, 6) is -0.392. The third-order valence-electron chi connectivity index (χ3n) is 4.57. The van der Waals surface area contributed by atoms with E-state index >= 15 is 0 Å². The van der Waals surface area contributed by atoms with Crippen molar-refractivity contribution in [3.8, 4) is 0 Å². The Balaban J connectivity index is 1.75. The number of hydrogen-bond acceptors (Lipinski definition) is 5. The number of carbonyl (C=O) groups excluding carboxylic acids is 2. The number of sulfonamides is 1. The number of anilines is 2. The molecule has 0 spiro atoms. The van der Waals surface area contributed by atoms with Gasteiger partial charge < -0.3 is 15.1 Å². The minimum absolute atomic E-state index is 0.193. The van der Waals surface area contributed by atoms with E-state index in [9.17, 15) is 18.0 Å². The first-order valence-electron chi connectivity index (χ1n) is 9.58. The van der Waals surface area contributed by atoms with E-state index < -0.39 is 28.4 Å². The van der Waals surface area contributed by atoms with Crippen molar-refractivity contribution in [3.63, 3.8) is 0 Å². The molecule has 2 aromatic carbocycles. The van der Waals surface area contributed by atoms with Gasteiger partial charge in [-0.05, 0) is 55.0 Å². The molecule has 0 atom stereocenters. The van der Waals surface area contributed by atoms with Crippen LogP contribution in [0.1, 0.15) is 21.7 Å². The van der Waals surface area contributed by atoms with Crippen LogP contribution in [0, 0.1) is 6.92 Å². The first kappa shape index (κ1) is 23.6. The molecule has 32 heavy (non-hydrogen) atoms. The number of halogens is 1. The maximum Gasteiger partial charge on any atom is 0.253 e. The molecule has 168 valence electrons. The summed E-state index contributed by atoms with van der Waals surface area (Å²) >= 11 is 3.38. The lowest BCUT2D eigenvalue weighted by molar-refractivity contribution is -0.114. The van der Waals surface area contributed by atoms with Gasteiger partial charge in [-0.1, -0.05) is 28.1 Å². The average Bonchev–Trinajstić information content (AvgIpc) is 3.26. The number of nitrogens with zero attached hydrogens (tertiary/aromatic N) is 1. The SMILES string of the molecule is Cc1cc(N(CC(=O)Nc2ccccc2C(=O)NCc2ccco2)S(C)(=O)=O)ccc1Br. The van der Waals surface area contributed by atoms with E-state index in [-0.39, 0.29) is 17.8 Å².